The summed E-state index contributed by atoms with van der Waals surface area (Å²) < 4.78 is 22.0. The molecule has 174 valence electrons. The van der Waals surface area contributed by atoms with Gasteiger partial charge >= 0.3 is 5.97 Å². The maximum absolute atomic E-state index is 12.7. The van der Waals surface area contributed by atoms with Crippen molar-refractivity contribution in [2.24, 2.45) is 5.92 Å². The highest BCUT2D eigenvalue weighted by Crippen LogP contribution is 2.35. The molecule has 1 fully saturated rings. The van der Waals surface area contributed by atoms with Gasteiger partial charge < -0.3 is 18.9 Å². The molecule has 7 nitrogen and oxygen atoms in total. The third-order valence-electron chi connectivity index (χ3n) is 5.94. The van der Waals surface area contributed by atoms with Crippen LogP contribution in [0.25, 0.3) is 6.08 Å². The molecule has 1 saturated heterocycles. The smallest absolute Gasteiger partial charge is 0.309 e. The minimum atomic E-state index is -0.142. The van der Waals surface area contributed by atoms with E-state index in [-0.39, 0.29) is 23.4 Å². The number of benzene rings is 2. The van der Waals surface area contributed by atoms with Crippen LogP contribution in [0.3, 0.4) is 0 Å². The van der Waals surface area contributed by atoms with Gasteiger partial charge in [0.2, 0.25) is 5.78 Å². The quantitative estimate of drug-likeness (QED) is 0.444. The molecule has 33 heavy (non-hydrogen) atoms. The van der Waals surface area contributed by atoms with Gasteiger partial charge in [0.15, 0.2) is 5.76 Å². The highest BCUT2D eigenvalue weighted by atomic mass is 16.5. The molecule has 2 heterocycles. The van der Waals surface area contributed by atoms with Crippen LogP contribution in [0.5, 0.6) is 17.2 Å². The molecular formula is C26H29NO6. The number of ether oxygens (including phenoxy) is 4. The minimum Gasteiger partial charge on any atom is -0.497 e. The number of Topliss-reactive ketones (excluding diaryl/α,β-unsaturated/α-hetero) is 1. The van der Waals surface area contributed by atoms with E-state index >= 15 is 0 Å². The number of hydrogen-bond acceptors (Lipinski definition) is 7. The monoisotopic (exact) mass is 451 g/mol. The largest absolute Gasteiger partial charge is 0.497 e. The molecule has 2 aromatic carbocycles. The number of carbonyl (C=O) groups excluding carboxylic acids is 2. The fraction of sp³-hybridized carbons (Fsp3) is 0.385. The molecule has 0 radical (unpaired) electrons. The Hall–Kier alpha value is -3.32. The fourth-order valence-electron chi connectivity index (χ4n) is 4.05. The number of hydrogen-bond donors (Lipinski definition) is 0. The molecule has 0 aromatic heterocycles. The lowest BCUT2D eigenvalue weighted by Crippen LogP contribution is -2.39. The Balaban J connectivity index is 1.28. The average Bonchev–Trinajstić information content (AvgIpc) is 3.14. The summed E-state index contributed by atoms with van der Waals surface area (Å²) >= 11 is 0. The molecule has 0 amide bonds. The average molecular weight is 452 g/mol. The van der Waals surface area contributed by atoms with Crippen LogP contribution in [0.15, 0.2) is 48.2 Å². The molecule has 0 N–H and O–H groups in total. The molecule has 0 atom stereocenters. The van der Waals surface area contributed by atoms with E-state index in [4.69, 9.17) is 18.9 Å². The van der Waals surface area contributed by atoms with Crippen molar-refractivity contribution in [3.05, 3.63) is 59.4 Å². The van der Waals surface area contributed by atoms with Crippen molar-refractivity contribution in [3.63, 3.8) is 0 Å². The maximum Gasteiger partial charge on any atom is 0.309 e. The summed E-state index contributed by atoms with van der Waals surface area (Å²) in [4.78, 5) is 26.8. The van der Waals surface area contributed by atoms with Gasteiger partial charge in [-0.15, -0.1) is 0 Å². The Morgan fingerprint density at radius 3 is 2.55 bits per heavy atom. The van der Waals surface area contributed by atoms with Crippen molar-refractivity contribution in [2.75, 3.05) is 40.0 Å². The highest BCUT2D eigenvalue weighted by molar-refractivity contribution is 6.14. The Kier molecular flexibility index (Phi) is 7.29. The number of piperidine rings is 1. The van der Waals surface area contributed by atoms with Gasteiger partial charge in [0.1, 0.15) is 23.9 Å². The van der Waals surface area contributed by atoms with Crippen molar-refractivity contribution in [1.29, 1.82) is 0 Å². The fourth-order valence-corrected chi connectivity index (χ4v) is 4.05. The van der Waals surface area contributed by atoms with Crippen molar-refractivity contribution >= 4 is 17.8 Å². The zero-order chi connectivity index (χ0) is 23.2. The zero-order valence-corrected chi connectivity index (χ0v) is 19.0. The molecule has 0 unspecified atom stereocenters. The number of ketones is 1. The second kappa shape index (κ2) is 10.5. The summed E-state index contributed by atoms with van der Waals surface area (Å²) in [6.45, 7) is 5.27. The number of rotatable bonds is 8. The van der Waals surface area contributed by atoms with E-state index in [1.54, 1.807) is 31.4 Å². The lowest BCUT2D eigenvalue weighted by atomic mass is 9.97. The Bertz CT molecular complexity index is 1020. The first-order valence-electron chi connectivity index (χ1n) is 11.3. The standard InChI is InChI=1S/C26H29NO6/c1-3-31-26(29)19-10-12-27(13-11-19)14-15-32-21-8-9-22-23(17-21)33-24(25(22)28)16-18-4-6-20(30-2)7-5-18/h4-9,16-17,19H,3,10-15H2,1-2H3. The van der Waals surface area contributed by atoms with Crippen LogP contribution in [-0.4, -0.2) is 56.6 Å². The van der Waals surface area contributed by atoms with Gasteiger partial charge in [-0.25, -0.2) is 0 Å². The van der Waals surface area contributed by atoms with E-state index in [1.807, 2.05) is 31.2 Å². The van der Waals surface area contributed by atoms with Crippen LogP contribution in [-0.2, 0) is 9.53 Å². The first kappa shape index (κ1) is 22.9. The van der Waals surface area contributed by atoms with Gasteiger partial charge in [-0.3, -0.25) is 14.5 Å². The third kappa shape index (κ3) is 5.54. The molecular weight excluding hydrogens is 422 g/mol. The van der Waals surface area contributed by atoms with Gasteiger partial charge in [-0.2, -0.15) is 0 Å². The van der Waals surface area contributed by atoms with Gasteiger partial charge in [0.05, 0.1) is 25.2 Å². The number of nitrogens with zero attached hydrogens (tertiary/aromatic N) is 1. The SMILES string of the molecule is CCOC(=O)C1CCN(CCOc2ccc3c(c2)OC(=Cc2ccc(OC)cc2)C3=O)CC1. The highest BCUT2D eigenvalue weighted by Gasteiger charge is 2.28. The van der Waals surface area contributed by atoms with E-state index < -0.39 is 0 Å². The Labute approximate surface area is 193 Å². The van der Waals surface area contributed by atoms with Crippen molar-refractivity contribution in [2.45, 2.75) is 19.8 Å². The second-order valence-electron chi connectivity index (χ2n) is 8.09. The lowest BCUT2D eigenvalue weighted by molar-refractivity contribution is -0.149. The molecule has 2 aliphatic rings. The Morgan fingerprint density at radius 1 is 1.12 bits per heavy atom. The van der Waals surface area contributed by atoms with Crippen LogP contribution in [0.2, 0.25) is 0 Å². The molecule has 2 aromatic rings. The molecule has 7 heteroatoms. The maximum atomic E-state index is 12.7. The van der Waals surface area contributed by atoms with Crippen molar-refractivity contribution in [1.82, 2.24) is 4.90 Å². The Morgan fingerprint density at radius 2 is 1.85 bits per heavy atom. The van der Waals surface area contributed by atoms with Crippen LogP contribution < -0.4 is 14.2 Å². The first-order chi connectivity index (χ1) is 16.1. The number of esters is 1. The van der Waals surface area contributed by atoms with E-state index in [0.29, 0.717) is 30.3 Å². The molecule has 0 spiro atoms. The van der Waals surface area contributed by atoms with Crippen LogP contribution in [0.4, 0.5) is 0 Å². The van der Waals surface area contributed by atoms with Gasteiger partial charge in [-0.05, 0) is 68.8 Å². The van der Waals surface area contributed by atoms with Crippen molar-refractivity contribution < 1.29 is 28.5 Å². The molecule has 0 saturated carbocycles. The predicted molar refractivity (Wildman–Crippen MR) is 124 cm³/mol. The molecule has 2 aliphatic heterocycles. The van der Waals surface area contributed by atoms with Crippen LogP contribution in [0.1, 0.15) is 35.7 Å². The molecule has 4 rings (SSSR count). The van der Waals surface area contributed by atoms with E-state index in [2.05, 4.69) is 4.90 Å². The number of methoxy groups -OCH3 is 1. The topological polar surface area (TPSA) is 74.3 Å². The van der Waals surface area contributed by atoms with E-state index in [0.717, 1.165) is 43.8 Å². The number of likely N-dealkylation sites (tertiary alicyclic amines) is 1. The van der Waals surface area contributed by atoms with Gasteiger partial charge in [0, 0.05) is 12.6 Å². The van der Waals surface area contributed by atoms with Crippen molar-refractivity contribution in [3.8, 4) is 17.2 Å². The summed E-state index contributed by atoms with van der Waals surface area (Å²) in [6.07, 6.45) is 3.36. The van der Waals surface area contributed by atoms with E-state index in [1.165, 1.54) is 0 Å². The normalized spacial score (nSPS) is 17.5. The summed E-state index contributed by atoms with van der Waals surface area (Å²) in [5.74, 6) is 1.99. The number of allylic oxidation sites excluding steroid dienone is 1. The zero-order valence-electron chi connectivity index (χ0n) is 19.0. The minimum absolute atomic E-state index is 0.00804. The molecule has 0 aliphatic carbocycles. The summed E-state index contributed by atoms with van der Waals surface area (Å²) in [5, 5.41) is 0. The summed E-state index contributed by atoms with van der Waals surface area (Å²) in [6, 6.07) is 12.7. The third-order valence-corrected chi connectivity index (χ3v) is 5.94. The summed E-state index contributed by atoms with van der Waals surface area (Å²) in [7, 11) is 1.61. The van der Waals surface area contributed by atoms with Crippen LogP contribution >= 0.6 is 0 Å². The van der Waals surface area contributed by atoms with E-state index in [9.17, 15) is 9.59 Å². The first-order valence-corrected chi connectivity index (χ1v) is 11.3. The molecule has 0 bridgehead atoms. The second-order valence-corrected chi connectivity index (χ2v) is 8.09. The number of carbonyl (C=O) groups is 2. The van der Waals surface area contributed by atoms with Crippen LogP contribution in [0, 0.1) is 5.92 Å². The van der Waals surface area contributed by atoms with Gasteiger partial charge in [0.25, 0.3) is 0 Å². The lowest BCUT2D eigenvalue weighted by Gasteiger charge is -2.30. The summed E-state index contributed by atoms with van der Waals surface area (Å²) in [5.41, 5.74) is 1.39. The van der Waals surface area contributed by atoms with Gasteiger partial charge in [-0.1, -0.05) is 12.1 Å². The predicted octanol–water partition coefficient (Wildman–Crippen LogP) is 3.97. The number of fused-ring (bicyclic) bond motifs is 1.